The van der Waals surface area contributed by atoms with Crippen LogP contribution in [0.15, 0.2) is 0 Å². The third kappa shape index (κ3) is 13.4. The zero-order chi connectivity index (χ0) is 31.2. The zero-order valence-electron chi connectivity index (χ0n) is 21.5. The largest absolute Gasteiger partial charge is 0.481 e. The number of carboxylic acids is 2. The molecule has 0 aliphatic heterocycles. The van der Waals surface area contributed by atoms with Crippen molar-refractivity contribution in [2.75, 3.05) is 6.61 Å². The van der Waals surface area contributed by atoms with E-state index in [2.05, 4.69) is 10.6 Å². The van der Waals surface area contributed by atoms with Gasteiger partial charge in [-0.15, -0.1) is 0 Å². The molecule has 0 fully saturated rings. The molecule has 19 nitrogen and oxygen atoms in total. The third-order valence-corrected chi connectivity index (χ3v) is 5.21. The molecule has 0 spiro atoms. The van der Waals surface area contributed by atoms with Gasteiger partial charge in [0, 0.05) is 12.8 Å². The number of nitrogens with one attached hydrogen (secondary N) is 4. The first-order chi connectivity index (χ1) is 18.5. The molecule has 14 N–H and O–H groups in total. The van der Waals surface area contributed by atoms with Gasteiger partial charge in [0.2, 0.25) is 35.4 Å². The smallest absolute Gasteiger partial charge is 0.326 e. The van der Waals surface area contributed by atoms with Crippen LogP contribution in [-0.4, -0.2) is 111 Å². The molecule has 0 saturated heterocycles. The standard InChI is InChI=1S/C21H35N7O12/c1-8(30)16(20(38)27-12(7-29)19(37)26-11(21(39)40)2-4-13(23)31)28-18(36)10(3-5-15(33)34)25-17(35)9(22)6-14(24)32/h8-12,16,29-30H,2-7,22H2,1H3,(H2,23,31)(H2,24,32)(H,25,35)(H,26,37)(H,27,38)(H,28,36)(H,33,34)(H,39,40)/t8-,9+,10+,11+,12+,16+/m1/s1. The van der Waals surface area contributed by atoms with E-state index in [-0.39, 0.29) is 6.42 Å². The number of aliphatic hydroxyl groups excluding tert-OH is 2. The van der Waals surface area contributed by atoms with Crippen molar-refractivity contribution < 1.29 is 58.8 Å². The lowest BCUT2D eigenvalue weighted by Crippen LogP contribution is -2.61. The molecule has 0 saturated carbocycles. The lowest BCUT2D eigenvalue weighted by Gasteiger charge is -2.27. The van der Waals surface area contributed by atoms with Gasteiger partial charge in [0.25, 0.3) is 0 Å². The molecule has 0 aromatic heterocycles. The maximum absolute atomic E-state index is 12.8. The Morgan fingerprint density at radius 2 is 1.20 bits per heavy atom. The lowest BCUT2D eigenvalue weighted by molar-refractivity contribution is -0.143. The Balaban J connectivity index is 5.61. The van der Waals surface area contributed by atoms with E-state index in [1.807, 2.05) is 10.6 Å². The minimum atomic E-state index is -1.82. The van der Waals surface area contributed by atoms with Crippen molar-refractivity contribution in [3.63, 3.8) is 0 Å². The van der Waals surface area contributed by atoms with Gasteiger partial charge in [0.15, 0.2) is 0 Å². The van der Waals surface area contributed by atoms with Gasteiger partial charge in [0.1, 0.15) is 24.2 Å². The number of hydrogen-bond acceptors (Lipinski definition) is 11. The number of carbonyl (C=O) groups excluding carboxylic acids is 6. The highest BCUT2D eigenvalue weighted by Gasteiger charge is 2.34. The number of aliphatic carboxylic acids is 2. The van der Waals surface area contributed by atoms with Crippen LogP contribution >= 0.6 is 0 Å². The van der Waals surface area contributed by atoms with Crippen molar-refractivity contribution in [2.45, 2.75) is 75.3 Å². The highest BCUT2D eigenvalue weighted by atomic mass is 16.4. The van der Waals surface area contributed by atoms with Crippen LogP contribution in [0.5, 0.6) is 0 Å². The molecule has 0 aliphatic carbocycles. The fourth-order valence-corrected chi connectivity index (χ4v) is 3.06. The highest BCUT2D eigenvalue weighted by molar-refractivity contribution is 5.96. The van der Waals surface area contributed by atoms with Crippen LogP contribution in [-0.2, 0) is 38.4 Å². The summed E-state index contributed by atoms with van der Waals surface area (Å²) in [6.07, 6.45) is -4.12. The molecule has 0 aliphatic rings. The number of aliphatic hydroxyl groups is 2. The predicted molar refractivity (Wildman–Crippen MR) is 131 cm³/mol. The van der Waals surface area contributed by atoms with E-state index in [0.717, 1.165) is 6.92 Å². The van der Waals surface area contributed by atoms with Crippen LogP contribution in [0.25, 0.3) is 0 Å². The average molecular weight is 578 g/mol. The molecule has 226 valence electrons. The Morgan fingerprint density at radius 1 is 0.700 bits per heavy atom. The first-order valence-corrected chi connectivity index (χ1v) is 11.8. The number of carboxylic acid groups (broad SMARTS) is 2. The number of carbonyl (C=O) groups is 8. The van der Waals surface area contributed by atoms with Crippen molar-refractivity contribution in [1.29, 1.82) is 0 Å². The van der Waals surface area contributed by atoms with E-state index < -0.39 is 116 Å². The Kier molecular flexibility index (Phi) is 15.4. The maximum Gasteiger partial charge on any atom is 0.326 e. The second-order valence-electron chi connectivity index (χ2n) is 8.65. The summed E-state index contributed by atoms with van der Waals surface area (Å²) in [5.41, 5.74) is 15.5. The summed E-state index contributed by atoms with van der Waals surface area (Å²) in [6, 6.07) is -8.26. The quantitative estimate of drug-likeness (QED) is 0.0681. The van der Waals surface area contributed by atoms with E-state index in [0.29, 0.717) is 0 Å². The van der Waals surface area contributed by atoms with Crippen molar-refractivity contribution in [3.8, 4) is 0 Å². The molecule has 0 heterocycles. The molecular formula is C21H35N7O12. The van der Waals surface area contributed by atoms with Gasteiger partial charge >= 0.3 is 11.9 Å². The van der Waals surface area contributed by atoms with Crippen molar-refractivity contribution in [2.24, 2.45) is 17.2 Å². The summed E-state index contributed by atoms with van der Waals surface area (Å²) in [7, 11) is 0. The van der Waals surface area contributed by atoms with Crippen LogP contribution in [0.4, 0.5) is 0 Å². The number of nitrogens with two attached hydrogens (primary N) is 3. The van der Waals surface area contributed by atoms with Crippen LogP contribution in [0.1, 0.15) is 39.0 Å². The minimum absolute atomic E-state index is 0.387. The summed E-state index contributed by atoms with van der Waals surface area (Å²) >= 11 is 0. The molecule has 0 aromatic rings. The summed E-state index contributed by atoms with van der Waals surface area (Å²) in [5.74, 6) is -9.23. The SMILES string of the molecule is C[C@@H](O)[C@H](NC(=O)[C@H](CCC(=O)O)NC(=O)[C@@H](N)CC(N)=O)C(=O)N[C@@H](CO)C(=O)N[C@@H](CCC(N)=O)C(=O)O. The Labute approximate surface area is 227 Å². The van der Waals surface area contributed by atoms with Gasteiger partial charge in [0.05, 0.1) is 25.2 Å². The molecule has 19 heteroatoms. The molecule has 6 atom stereocenters. The maximum atomic E-state index is 12.8. The van der Waals surface area contributed by atoms with Gasteiger partial charge in [-0.1, -0.05) is 0 Å². The molecule has 6 amide bonds. The predicted octanol–water partition coefficient (Wildman–Crippen LogP) is -6.28. The summed E-state index contributed by atoms with van der Waals surface area (Å²) in [5, 5.41) is 46.0. The Morgan fingerprint density at radius 3 is 1.65 bits per heavy atom. The van der Waals surface area contributed by atoms with Crippen molar-refractivity contribution >= 4 is 47.4 Å². The average Bonchev–Trinajstić information content (AvgIpc) is 2.84. The van der Waals surface area contributed by atoms with Crippen LogP contribution in [0, 0.1) is 0 Å². The van der Waals surface area contributed by atoms with Crippen LogP contribution < -0.4 is 38.5 Å². The second-order valence-corrected chi connectivity index (χ2v) is 8.65. The summed E-state index contributed by atoms with van der Waals surface area (Å²) in [4.78, 5) is 94.5. The minimum Gasteiger partial charge on any atom is -0.481 e. The molecule has 0 aromatic carbocycles. The van der Waals surface area contributed by atoms with E-state index in [1.165, 1.54) is 0 Å². The molecule has 0 unspecified atom stereocenters. The Bertz CT molecular complexity index is 974. The number of hydrogen-bond donors (Lipinski definition) is 11. The topological polar surface area (TPSA) is 344 Å². The van der Waals surface area contributed by atoms with Gasteiger partial charge < -0.3 is 58.9 Å². The first-order valence-electron chi connectivity index (χ1n) is 11.8. The molecule has 40 heavy (non-hydrogen) atoms. The number of amides is 6. The van der Waals surface area contributed by atoms with Gasteiger partial charge in [-0.2, -0.15) is 0 Å². The van der Waals surface area contributed by atoms with Crippen LogP contribution in [0.2, 0.25) is 0 Å². The molecular weight excluding hydrogens is 542 g/mol. The van der Waals surface area contributed by atoms with Gasteiger partial charge in [-0.25, -0.2) is 4.79 Å². The van der Waals surface area contributed by atoms with E-state index in [9.17, 15) is 53.7 Å². The number of rotatable bonds is 19. The summed E-state index contributed by atoms with van der Waals surface area (Å²) < 4.78 is 0. The monoisotopic (exact) mass is 577 g/mol. The van der Waals surface area contributed by atoms with E-state index >= 15 is 0 Å². The van der Waals surface area contributed by atoms with E-state index in [4.69, 9.17) is 22.3 Å². The third-order valence-electron chi connectivity index (χ3n) is 5.21. The Hall–Kier alpha value is -4.36. The van der Waals surface area contributed by atoms with Crippen molar-refractivity contribution in [1.82, 2.24) is 21.3 Å². The fourth-order valence-electron chi connectivity index (χ4n) is 3.06. The molecule has 0 rings (SSSR count). The molecule has 0 bridgehead atoms. The van der Waals surface area contributed by atoms with Crippen LogP contribution in [0.3, 0.4) is 0 Å². The van der Waals surface area contributed by atoms with Gasteiger partial charge in [-0.3, -0.25) is 33.6 Å². The van der Waals surface area contributed by atoms with Gasteiger partial charge in [-0.05, 0) is 19.8 Å². The zero-order valence-corrected chi connectivity index (χ0v) is 21.5. The van der Waals surface area contributed by atoms with Crippen molar-refractivity contribution in [3.05, 3.63) is 0 Å². The second kappa shape index (κ2) is 17.3. The summed E-state index contributed by atoms with van der Waals surface area (Å²) in [6.45, 7) is 0.0195. The highest BCUT2D eigenvalue weighted by Crippen LogP contribution is 2.04. The number of primary amides is 2. The first kappa shape index (κ1) is 35.6. The molecule has 0 radical (unpaired) electrons. The fraction of sp³-hybridized carbons (Fsp3) is 0.619. The normalized spacial score (nSPS) is 15.2. The van der Waals surface area contributed by atoms with E-state index in [1.54, 1.807) is 0 Å². The lowest BCUT2D eigenvalue weighted by atomic mass is 10.1.